The van der Waals surface area contributed by atoms with E-state index >= 15 is 0 Å². The van der Waals surface area contributed by atoms with E-state index in [9.17, 15) is 18.3 Å². The maximum absolute atomic E-state index is 13.0. The maximum Gasteiger partial charge on any atom is 0.327 e. The summed E-state index contributed by atoms with van der Waals surface area (Å²) < 4.78 is 32.2. The molecule has 1 saturated heterocycles. The molecular formula is C15H21NO5S. The summed E-state index contributed by atoms with van der Waals surface area (Å²) in [5.74, 6) is -1.16. The van der Waals surface area contributed by atoms with Gasteiger partial charge in [0.15, 0.2) is 5.54 Å². The minimum Gasteiger partial charge on any atom is -0.480 e. The first kappa shape index (κ1) is 16.9. The summed E-state index contributed by atoms with van der Waals surface area (Å²) in [6.07, 6.45) is 1.32. The van der Waals surface area contributed by atoms with Crippen molar-refractivity contribution in [1.29, 1.82) is 0 Å². The van der Waals surface area contributed by atoms with Gasteiger partial charge in [-0.1, -0.05) is 25.1 Å². The summed E-state index contributed by atoms with van der Waals surface area (Å²) in [5.41, 5.74) is -0.833. The summed E-state index contributed by atoms with van der Waals surface area (Å²) in [4.78, 5) is 12.0. The van der Waals surface area contributed by atoms with Crippen molar-refractivity contribution in [1.82, 2.24) is 4.31 Å². The second-order valence-electron chi connectivity index (χ2n) is 5.41. The first-order valence-electron chi connectivity index (χ1n) is 7.23. The van der Waals surface area contributed by atoms with Crippen LogP contribution < -0.4 is 0 Å². The van der Waals surface area contributed by atoms with Crippen LogP contribution in [0.25, 0.3) is 0 Å². The number of sulfonamides is 1. The molecule has 1 heterocycles. The van der Waals surface area contributed by atoms with Crippen molar-refractivity contribution in [2.75, 3.05) is 20.3 Å². The minimum absolute atomic E-state index is 0.157. The Labute approximate surface area is 130 Å². The van der Waals surface area contributed by atoms with Crippen LogP contribution in [-0.4, -0.2) is 49.6 Å². The largest absolute Gasteiger partial charge is 0.480 e. The molecule has 7 heteroatoms. The second kappa shape index (κ2) is 6.36. The lowest BCUT2D eigenvalue weighted by molar-refractivity contribution is -0.150. The molecule has 1 unspecified atom stereocenters. The molecule has 0 spiro atoms. The van der Waals surface area contributed by atoms with Gasteiger partial charge in [-0.05, 0) is 30.9 Å². The Bertz CT molecular complexity index is 658. The fraction of sp³-hybridized carbons (Fsp3) is 0.533. The highest BCUT2D eigenvalue weighted by Crippen LogP contribution is 2.36. The van der Waals surface area contributed by atoms with Crippen molar-refractivity contribution in [2.24, 2.45) is 0 Å². The van der Waals surface area contributed by atoms with Gasteiger partial charge in [0, 0.05) is 13.7 Å². The van der Waals surface area contributed by atoms with Crippen molar-refractivity contribution in [3.63, 3.8) is 0 Å². The lowest BCUT2D eigenvalue weighted by Gasteiger charge is -2.33. The topological polar surface area (TPSA) is 83.9 Å². The molecule has 0 saturated carbocycles. The number of carboxylic acids is 1. The van der Waals surface area contributed by atoms with E-state index in [0.717, 1.165) is 4.31 Å². The van der Waals surface area contributed by atoms with Gasteiger partial charge in [0.2, 0.25) is 10.0 Å². The van der Waals surface area contributed by atoms with Crippen LogP contribution >= 0.6 is 0 Å². The van der Waals surface area contributed by atoms with Gasteiger partial charge in [-0.3, -0.25) is 4.79 Å². The Morgan fingerprint density at radius 2 is 2.09 bits per heavy atom. The lowest BCUT2D eigenvalue weighted by Crippen LogP contribution is -2.56. The van der Waals surface area contributed by atoms with Crippen LogP contribution in [0.2, 0.25) is 0 Å². The fourth-order valence-corrected chi connectivity index (χ4v) is 5.11. The Balaban J connectivity index is 2.54. The van der Waals surface area contributed by atoms with E-state index in [1.807, 2.05) is 6.92 Å². The van der Waals surface area contributed by atoms with Crippen molar-refractivity contribution in [2.45, 2.75) is 36.6 Å². The van der Waals surface area contributed by atoms with Crippen LogP contribution in [0.5, 0.6) is 0 Å². The molecule has 1 N–H and O–H groups in total. The number of rotatable bonds is 6. The molecule has 1 aromatic rings. The zero-order chi connectivity index (χ0) is 16.4. The molecule has 1 aliphatic heterocycles. The number of methoxy groups -OCH3 is 1. The zero-order valence-corrected chi connectivity index (χ0v) is 13.6. The number of hydrogen-bond donors (Lipinski definition) is 1. The number of carboxylic acid groups (broad SMARTS) is 1. The van der Waals surface area contributed by atoms with Gasteiger partial charge < -0.3 is 9.84 Å². The summed E-state index contributed by atoms with van der Waals surface area (Å²) in [6, 6.07) is 6.72. The molecule has 1 aliphatic rings. The molecule has 1 aromatic carbocycles. The average molecular weight is 327 g/mol. The van der Waals surface area contributed by atoms with Crippen molar-refractivity contribution in [3.05, 3.63) is 29.8 Å². The number of ether oxygens (including phenoxy) is 1. The SMILES string of the molecule is CCc1ccccc1S(=O)(=O)N1CCCC1(COC)C(=O)O. The van der Waals surface area contributed by atoms with Crippen LogP contribution in [0.4, 0.5) is 0 Å². The van der Waals surface area contributed by atoms with E-state index in [1.165, 1.54) is 13.2 Å². The van der Waals surface area contributed by atoms with Gasteiger partial charge in [-0.2, -0.15) is 4.31 Å². The first-order valence-corrected chi connectivity index (χ1v) is 8.67. The summed E-state index contributed by atoms with van der Waals surface area (Å²) in [6.45, 7) is 1.91. The van der Waals surface area contributed by atoms with Crippen molar-refractivity contribution in [3.8, 4) is 0 Å². The van der Waals surface area contributed by atoms with Crippen molar-refractivity contribution >= 4 is 16.0 Å². The Morgan fingerprint density at radius 3 is 2.68 bits per heavy atom. The third-order valence-corrected chi connectivity index (χ3v) is 6.20. The van der Waals surface area contributed by atoms with Crippen LogP contribution in [0.15, 0.2) is 29.2 Å². The third kappa shape index (κ3) is 2.64. The molecule has 0 aromatic heterocycles. The molecule has 122 valence electrons. The number of carbonyl (C=O) groups is 1. The van der Waals surface area contributed by atoms with Gasteiger partial charge in [0.25, 0.3) is 0 Å². The van der Waals surface area contributed by atoms with Gasteiger partial charge in [-0.15, -0.1) is 0 Å². The van der Waals surface area contributed by atoms with E-state index in [2.05, 4.69) is 0 Å². The highest BCUT2D eigenvalue weighted by molar-refractivity contribution is 7.89. The van der Waals surface area contributed by atoms with E-state index < -0.39 is 21.5 Å². The average Bonchev–Trinajstić information content (AvgIpc) is 2.93. The van der Waals surface area contributed by atoms with Gasteiger partial charge in [-0.25, -0.2) is 8.42 Å². The van der Waals surface area contributed by atoms with Crippen molar-refractivity contribution < 1.29 is 23.1 Å². The maximum atomic E-state index is 13.0. The summed E-state index contributed by atoms with van der Waals surface area (Å²) in [7, 11) is -2.50. The third-order valence-electron chi connectivity index (χ3n) is 4.13. The fourth-order valence-electron chi connectivity index (χ4n) is 3.03. The Kier molecular flexibility index (Phi) is 4.89. The van der Waals surface area contributed by atoms with E-state index in [4.69, 9.17) is 4.74 Å². The Morgan fingerprint density at radius 1 is 1.41 bits per heavy atom. The van der Waals surface area contributed by atoms with Crippen LogP contribution in [-0.2, 0) is 26.0 Å². The predicted molar refractivity (Wildman–Crippen MR) is 81.2 cm³/mol. The lowest BCUT2D eigenvalue weighted by atomic mass is 9.99. The van der Waals surface area contributed by atoms with E-state index in [-0.39, 0.29) is 24.5 Å². The number of benzene rings is 1. The van der Waals surface area contributed by atoms with Gasteiger partial charge in [0.05, 0.1) is 11.5 Å². The molecule has 1 atom stereocenters. The Hall–Kier alpha value is -1.44. The monoisotopic (exact) mass is 327 g/mol. The smallest absolute Gasteiger partial charge is 0.327 e. The quantitative estimate of drug-likeness (QED) is 0.856. The normalized spacial score (nSPS) is 22.8. The zero-order valence-electron chi connectivity index (χ0n) is 12.8. The number of nitrogens with zero attached hydrogens (tertiary/aromatic N) is 1. The number of aryl methyl sites for hydroxylation is 1. The van der Waals surface area contributed by atoms with E-state index in [1.54, 1.807) is 18.2 Å². The van der Waals surface area contributed by atoms with Gasteiger partial charge in [0.1, 0.15) is 0 Å². The van der Waals surface area contributed by atoms with Gasteiger partial charge >= 0.3 is 5.97 Å². The minimum atomic E-state index is -3.88. The molecule has 22 heavy (non-hydrogen) atoms. The molecule has 2 rings (SSSR count). The van der Waals surface area contributed by atoms with E-state index in [0.29, 0.717) is 18.4 Å². The highest BCUT2D eigenvalue weighted by atomic mass is 32.2. The van der Waals surface area contributed by atoms with Crippen LogP contribution in [0.3, 0.4) is 0 Å². The summed E-state index contributed by atoms with van der Waals surface area (Å²) >= 11 is 0. The molecule has 1 fully saturated rings. The molecule has 0 bridgehead atoms. The predicted octanol–water partition coefficient (Wildman–Crippen LogP) is 1.50. The molecule has 6 nitrogen and oxygen atoms in total. The number of hydrogen-bond acceptors (Lipinski definition) is 4. The highest BCUT2D eigenvalue weighted by Gasteiger charge is 2.53. The first-order chi connectivity index (χ1) is 10.4. The second-order valence-corrected chi connectivity index (χ2v) is 7.24. The standard InChI is InChI=1S/C15H21NO5S/c1-3-12-7-4-5-8-13(12)22(19,20)16-10-6-9-15(16,11-21-2)14(17)18/h4-5,7-8H,3,6,9-11H2,1-2H3,(H,17,18). The molecule has 0 aliphatic carbocycles. The van der Waals surface area contributed by atoms with Crippen LogP contribution in [0, 0.1) is 0 Å². The molecular weight excluding hydrogens is 306 g/mol. The molecule has 0 amide bonds. The molecule has 0 radical (unpaired) electrons. The number of aliphatic carboxylic acids is 1. The van der Waals surface area contributed by atoms with Crippen LogP contribution in [0.1, 0.15) is 25.3 Å². The summed E-state index contributed by atoms with van der Waals surface area (Å²) in [5, 5.41) is 9.62.